The van der Waals surface area contributed by atoms with E-state index < -0.39 is 0 Å². The number of hydrogen-bond donors (Lipinski definition) is 2. The molecule has 1 aliphatic rings. The van der Waals surface area contributed by atoms with E-state index >= 15 is 0 Å². The third-order valence-electron chi connectivity index (χ3n) is 2.51. The van der Waals surface area contributed by atoms with E-state index in [1.807, 2.05) is 0 Å². The van der Waals surface area contributed by atoms with Gasteiger partial charge >= 0.3 is 0 Å². The lowest BCUT2D eigenvalue weighted by Gasteiger charge is -2.20. The summed E-state index contributed by atoms with van der Waals surface area (Å²) >= 11 is 0. The first-order chi connectivity index (χ1) is 6.40. The molecule has 2 heterocycles. The number of piperidine rings is 1. The molecule has 1 atom stereocenters. The number of hydrogen-bond acceptors (Lipinski definition) is 3. The molecule has 0 radical (unpaired) electrons. The second kappa shape index (κ2) is 3.87. The molecule has 1 unspecified atom stereocenters. The number of nitrogens with zero attached hydrogens (tertiary/aromatic N) is 2. The number of nitrogens with one attached hydrogen (secondary N) is 2. The van der Waals surface area contributed by atoms with Crippen molar-refractivity contribution < 1.29 is 0 Å². The fourth-order valence-corrected chi connectivity index (χ4v) is 1.70. The number of aromatic amines is 1. The summed E-state index contributed by atoms with van der Waals surface area (Å²) in [6, 6.07) is 0.380. The van der Waals surface area contributed by atoms with Crippen molar-refractivity contribution in [2.45, 2.75) is 38.6 Å². The van der Waals surface area contributed by atoms with Gasteiger partial charge in [0.1, 0.15) is 5.82 Å². The summed E-state index contributed by atoms with van der Waals surface area (Å²) in [5, 5.41) is 10.6. The lowest BCUT2D eigenvalue weighted by molar-refractivity contribution is 0.398. The maximum absolute atomic E-state index is 4.42. The molecule has 1 aliphatic heterocycles. The molecular weight excluding hydrogens is 164 g/mol. The van der Waals surface area contributed by atoms with Gasteiger partial charge in [0.15, 0.2) is 5.82 Å². The standard InChI is InChI=1S/C9H16N4/c1-2-8-11-9(13-12-8)7-5-3-4-6-10-7/h7,10H,2-6H2,1H3,(H,11,12,13). The predicted molar refractivity (Wildman–Crippen MR) is 50.4 cm³/mol. The van der Waals surface area contributed by atoms with Gasteiger partial charge in [0.05, 0.1) is 6.04 Å². The van der Waals surface area contributed by atoms with E-state index in [1.54, 1.807) is 0 Å². The molecule has 0 aromatic carbocycles. The summed E-state index contributed by atoms with van der Waals surface area (Å²) in [6.45, 7) is 3.18. The summed E-state index contributed by atoms with van der Waals surface area (Å²) in [5.41, 5.74) is 0. The van der Waals surface area contributed by atoms with Crippen LogP contribution in [-0.4, -0.2) is 21.7 Å². The van der Waals surface area contributed by atoms with Gasteiger partial charge in [-0.1, -0.05) is 13.3 Å². The number of rotatable bonds is 2. The molecule has 2 N–H and O–H groups in total. The normalized spacial score (nSPS) is 23.3. The lowest BCUT2D eigenvalue weighted by atomic mass is 10.0. The van der Waals surface area contributed by atoms with Crippen LogP contribution in [0.1, 0.15) is 43.9 Å². The van der Waals surface area contributed by atoms with Crippen LogP contribution >= 0.6 is 0 Å². The topological polar surface area (TPSA) is 53.6 Å². The van der Waals surface area contributed by atoms with Gasteiger partial charge in [0.25, 0.3) is 0 Å². The smallest absolute Gasteiger partial charge is 0.167 e. The Kier molecular flexibility index (Phi) is 2.59. The van der Waals surface area contributed by atoms with Gasteiger partial charge in [-0.15, -0.1) is 0 Å². The molecule has 13 heavy (non-hydrogen) atoms. The molecule has 0 saturated carbocycles. The van der Waals surface area contributed by atoms with Gasteiger partial charge in [-0.05, 0) is 19.4 Å². The summed E-state index contributed by atoms with van der Waals surface area (Å²) in [5.74, 6) is 1.93. The van der Waals surface area contributed by atoms with E-state index in [0.717, 1.165) is 24.6 Å². The van der Waals surface area contributed by atoms with Crippen LogP contribution in [-0.2, 0) is 6.42 Å². The molecule has 1 fully saturated rings. The Morgan fingerprint density at radius 2 is 2.38 bits per heavy atom. The van der Waals surface area contributed by atoms with E-state index in [0.29, 0.717) is 6.04 Å². The fourth-order valence-electron chi connectivity index (χ4n) is 1.70. The first kappa shape index (κ1) is 8.69. The highest BCUT2D eigenvalue weighted by atomic mass is 15.2. The van der Waals surface area contributed by atoms with Crippen molar-refractivity contribution in [2.24, 2.45) is 0 Å². The van der Waals surface area contributed by atoms with Crippen molar-refractivity contribution in [3.05, 3.63) is 11.6 Å². The average Bonchev–Trinajstić information content (AvgIpc) is 2.67. The van der Waals surface area contributed by atoms with Crippen LogP contribution < -0.4 is 5.32 Å². The first-order valence-electron chi connectivity index (χ1n) is 5.04. The second-order valence-corrected chi connectivity index (χ2v) is 3.50. The highest BCUT2D eigenvalue weighted by Gasteiger charge is 2.18. The van der Waals surface area contributed by atoms with Crippen LogP contribution in [0, 0.1) is 0 Å². The molecule has 0 amide bonds. The van der Waals surface area contributed by atoms with Crippen LogP contribution in [0.3, 0.4) is 0 Å². The number of aromatic nitrogens is 3. The molecule has 0 aliphatic carbocycles. The minimum atomic E-state index is 0.380. The molecule has 72 valence electrons. The zero-order chi connectivity index (χ0) is 9.10. The molecule has 2 rings (SSSR count). The summed E-state index contributed by atoms with van der Waals surface area (Å²) < 4.78 is 0. The molecule has 4 nitrogen and oxygen atoms in total. The Morgan fingerprint density at radius 1 is 1.46 bits per heavy atom. The monoisotopic (exact) mass is 180 g/mol. The van der Waals surface area contributed by atoms with Gasteiger partial charge in [-0.3, -0.25) is 5.10 Å². The Morgan fingerprint density at radius 3 is 3.00 bits per heavy atom. The Hall–Kier alpha value is -0.900. The summed E-state index contributed by atoms with van der Waals surface area (Å²) in [6.07, 6.45) is 4.66. The van der Waals surface area contributed by atoms with Crippen molar-refractivity contribution in [3.63, 3.8) is 0 Å². The van der Waals surface area contributed by atoms with Crippen molar-refractivity contribution >= 4 is 0 Å². The van der Waals surface area contributed by atoms with Gasteiger partial charge in [-0.2, -0.15) is 5.10 Å². The average molecular weight is 180 g/mol. The van der Waals surface area contributed by atoms with Crippen LogP contribution in [0.4, 0.5) is 0 Å². The van der Waals surface area contributed by atoms with E-state index in [-0.39, 0.29) is 0 Å². The largest absolute Gasteiger partial charge is 0.307 e. The number of aryl methyl sites for hydroxylation is 1. The van der Waals surface area contributed by atoms with Gasteiger partial charge in [-0.25, -0.2) is 4.98 Å². The zero-order valence-electron chi connectivity index (χ0n) is 8.01. The van der Waals surface area contributed by atoms with Crippen LogP contribution in [0.15, 0.2) is 0 Å². The lowest BCUT2D eigenvalue weighted by Crippen LogP contribution is -2.27. The minimum absolute atomic E-state index is 0.380. The van der Waals surface area contributed by atoms with Crippen LogP contribution in [0.5, 0.6) is 0 Å². The fraction of sp³-hybridized carbons (Fsp3) is 0.778. The van der Waals surface area contributed by atoms with Gasteiger partial charge in [0.2, 0.25) is 0 Å². The quantitative estimate of drug-likeness (QED) is 0.718. The predicted octanol–water partition coefficient (Wildman–Crippen LogP) is 1.18. The molecule has 0 bridgehead atoms. The molecule has 0 spiro atoms. The zero-order valence-corrected chi connectivity index (χ0v) is 8.01. The van der Waals surface area contributed by atoms with E-state index in [4.69, 9.17) is 0 Å². The maximum atomic E-state index is 4.42. The van der Waals surface area contributed by atoms with Crippen molar-refractivity contribution in [2.75, 3.05) is 6.54 Å². The minimum Gasteiger partial charge on any atom is -0.307 e. The molecule has 4 heteroatoms. The number of H-pyrrole nitrogens is 1. The highest BCUT2D eigenvalue weighted by Crippen LogP contribution is 2.19. The van der Waals surface area contributed by atoms with Gasteiger partial charge in [0, 0.05) is 6.42 Å². The van der Waals surface area contributed by atoms with Crippen LogP contribution in [0.25, 0.3) is 0 Å². The molecular formula is C9H16N4. The Bertz CT molecular complexity index is 262. The second-order valence-electron chi connectivity index (χ2n) is 3.50. The molecule has 1 aromatic heterocycles. The summed E-state index contributed by atoms with van der Waals surface area (Å²) in [7, 11) is 0. The van der Waals surface area contributed by atoms with Crippen molar-refractivity contribution in [1.82, 2.24) is 20.5 Å². The van der Waals surface area contributed by atoms with E-state index in [1.165, 1.54) is 19.3 Å². The third-order valence-corrected chi connectivity index (χ3v) is 2.51. The first-order valence-corrected chi connectivity index (χ1v) is 5.04. The SMILES string of the molecule is CCc1nc(C2CCCCN2)n[nH]1. The van der Waals surface area contributed by atoms with E-state index in [2.05, 4.69) is 27.4 Å². The highest BCUT2D eigenvalue weighted by molar-refractivity contribution is 4.97. The third kappa shape index (κ3) is 1.88. The van der Waals surface area contributed by atoms with Crippen molar-refractivity contribution in [1.29, 1.82) is 0 Å². The maximum Gasteiger partial charge on any atom is 0.167 e. The Balaban J connectivity index is 2.05. The van der Waals surface area contributed by atoms with E-state index in [9.17, 15) is 0 Å². The molecule has 1 saturated heterocycles. The van der Waals surface area contributed by atoms with Gasteiger partial charge < -0.3 is 5.32 Å². The summed E-state index contributed by atoms with van der Waals surface area (Å²) in [4.78, 5) is 4.42. The van der Waals surface area contributed by atoms with Crippen molar-refractivity contribution in [3.8, 4) is 0 Å². The molecule has 1 aromatic rings. The van der Waals surface area contributed by atoms with Crippen LogP contribution in [0.2, 0.25) is 0 Å². The Labute approximate surface area is 78.1 Å².